The molecule has 1 aliphatic heterocycles. The number of hydrogen-bond donors (Lipinski definition) is 3. The van der Waals surface area contributed by atoms with Crippen LogP contribution < -0.4 is 0 Å². The van der Waals surface area contributed by atoms with Gasteiger partial charge in [-0.15, -0.1) is 0 Å². The predicted octanol–water partition coefficient (Wildman–Crippen LogP) is 5.27. The number of hydrogen-bond acceptors (Lipinski definition) is 6. The molecule has 4 aliphatic carbocycles. The van der Waals surface area contributed by atoms with Gasteiger partial charge in [-0.2, -0.15) is 0 Å². The fourth-order valence-electron chi connectivity index (χ4n) is 10.2. The summed E-state index contributed by atoms with van der Waals surface area (Å²) in [4.78, 5) is 13.8. The molecule has 0 aromatic heterocycles. The zero-order chi connectivity index (χ0) is 30.1. The van der Waals surface area contributed by atoms with E-state index in [9.17, 15) is 20.1 Å². The van der Waals surface area contributed by atoms with Gasteiger partial charge < -0.3 is 24.8 Å². The van der Waals surface area contributed by atoms with E-state index in [0.29, 0.717) is 32.0 Å². The first-order valence-corrected chi connectivity index (χ1v) is 16.5. The van der Waals surface area contributed by atoms with Gasteiger partial charge in [0.15, 0.2) is 5.78 Å². The van der Waals surface area contributed by atoms with E-state index in [1.165, 1.54) is 5.56 Å². The van der Waals surface area contributed by atoms with E-state index in [1.54, 1.807) is 13.0 Å². The molecule has 12 atom stereocenters. The summed E-state index contributed by atoms with van der Waals surface area (Å²) in [7, 11) is 0. The summed E-state index contributed by atoms with van der Waals surface area (Å²) in [6.07, 6.45) is 6.57. The fourth-order valence-corrected chi connectivity index (χ4v) is 10.2. The molecular formula is C36H52O6. The molecule has 3 N–H and O–H groups in total. The number of aliphatic hydroxyl groups is 3. The molecule has 5 aliphatic rings. The third-order valence-corrected chi connectivity index (χ3v) is 13.2. The molecule has 1 heterocycles. The number of aliphatic hydroxyl groups excluding tert-OH is 1. The Hall–Kier alpha value is -1.57. The molecule has 6 heteroatoms. The minimum absolute atomic E-state index is 0.0815. The van der Waals surface area contributed by atoms with Crippen molar-refractivity contribution >= 4 is 5.78 Å². The lowest BCUT2D eigenvalue weighted by Crippen LogP contribution is -2.63. The number of benzene rings is 1. The third kappa shape index (κ3) is 4.58. The van der Waals surface area contributed by atoms with E-state index in [2.05, 4.69) is 52.0 Å². The summed E-state index contributed by atoms with van der Waals surface area (Å²) in [5.41, 5.74) is -1.30. The summed E-state index contributed by atoms with van der Waals surface area (Å²) in [5.74, 6) is 0.311. The highest BCUT2D eigenvalue weighted by Gasteiger charge is 2.69. The Labute approximate surface area is 251 Å². The van der Waals surface area contributed by atoms with Crippen LogP contribution in [0, 0.1) is 40.4 Å². The van der Waals surface area contributed by atoms with Crippen molar-refractivity contribution in [2.75, 3.05) is 13.2 Å². The third-order valence-electron chi connectivity index (χ3n) is 13.2. The maximum Gasteiger partial charge on any atom is 0.159 e. The summed E-state index contributed by atoms with van der Waals surface area (Å²) in [5, 5.41) is 36.1. The molecule has 1 saturated heterocycles. The van der Waals surface area contributed by atoms with Gasteiger partial charge in [0.2, 0.25) is 0 Å². The number of fused-ring (bicyclic) bond motifs is 5. The molecule has 232 valence electrons. The van der Waals surface area contributed by atoms with Gasteiger partial charge in [-0.05, 0) is 105 Å². The standard InChI is InChI=1S/C36H52O6/c1-22-21-42-31(23(22)2)32(38)35(5,39)30-13-17-36(40)27-20-29(37)28-19-25(41-18-14-24-9-7-6-8-10-24)11-15-33(28,3)26(27)12-16-34(30,36)4/h6-10,20,22-23,25-26,28,30-32,38-40H,11-19,21H2,1-5H3. The van der Waals surface area contributed by atoms with Crippen LogP contribution in [0.15, 0.2) is 42.0 Å². The van der Waals surface area contributed by atoms with Crippen LogP contribution in [0.5, 0.6) is 0 Å². The normalized spacial score (nSPS) is 45.4. The highest BCUT2D eigenvalue weighted by Crippen LogP contribution is 2.68. The van der Waals surface area contributed by atoms with E-state index in [4.69, 9.17) is 9.47 Å². The van der Waals surface area contributed by atoms with Gasteiger partial charge in [0.05, 0.1) is 30.0 Å². The Morgan fingerprint density at radius 2 is 1.81 bits per heavy atom. The Morgan fingerprint density at radius 3 is 2.50 bits per heavy atom. The van der Waals surface area contributed by atoms with E-state index in [-0.39, 0.29) is 41.0 Å². The lowest BCUT2D eigenvalue weighted by Gasteiger charge is -2.60. The maximum absolute atomic E-state index is 13.8. The summed E-state index contributed by atoms with van der Waals surface area (Å²) in [6.45, 7) is 11.5. The molecule has 0 spiro atoms. The summed E-state index contributed by atoms with van der Waals surface area (Å²) in [6, 6.07) is 10.4. The van der Waals surface area contributed by atoms with Crippen LogP contribution in [-0.2, 0) is 20.7 Å². The minimum atomic E-state index is -1.42. The topological polar surface area (TPSA) is 96.2 Å². The highest BCUT2D eigenvalue weighted by atomic mass is 16.5. The van der Waals surface area contributed by atoms with E-state index in [1.807, 2.05) is 6.07 Å². The van der Waals surface area contributed by atoms with Gasteiger partial charge in [-0.1, -0.05) is 58.0 Å². The van der Waals surface area contributed by atoms with Gasteiger partial charge in [-0.25, -0.2) is 0 Å². The molecule has 0 bridgehead atoms. The van der Waals surface area contributed by atoms with Gasteiger partial charge in [0.1, 0.15) is 6.10 Å². The monoisotopic (exact) mass is 580 g/mol. The fraction of sp³-hybridized carbons (Fsp3) is 0.750. The maximum atomic E-state index is 13.8. The van der Waals surface area contributed by atoms with Crippen molar-refractivity contribution in [1.29, 1.82) is 0 Å². The first kappa shape index (κ1) is 30.5. The Bertz CT molecular complexity index is 1190. The first-order chi connectivity index (χ1) is 19.8. The van der Waals surface area contributed by atoms with Crippen molar-refractivity contribution < 1.29 is 29.6 Å². The van der Waals surface area contributed by atoms with Crippen LogP contribution in [0.4, 0.5) is 0 Å². The van der Waals surface area contributed by atoms with Crippen molar-refractivity contribution in [1.82, 2.24) is 0 Å². The summed E-state index contributed by atoms with van der Waals surface area (Å²) < 4.78 is 12.3. The number of carbonyl (C=O) groups excluding carboxylic acids is 1. The molecule has 12 unspecified atom stereocenters. The lowest BCUT2D eigenvalue weighted by molar-refractivity contribution is -0.193. The van der Waals surface area contributed by atoms with Crippen LogP contribution in [-0.4, -0.2) is 63.8 Å². The Morgan fingerprint density at radius 1 is 1.07 bits per heavy atom. The van der Waals surface area contributed by atoms with Crippen molar-refractivity contribution in [2.24, 2.45) is 40.4 Å². The molecule has 0 amide bonds. The number of carbonyl (C=O) groups is 1. The van der Waals surface area contributed by atoms with Gasteiger partial charge in [0.25, 0.3) is 0 Å². The number of rotatable bonds is 7. The predicted molar refractivity (Wildman–Crippen MR) is 162 cm³/mol. The molecule has 4 fully saturated rings. The van der Waals surface area contributed by atoms with Crippen molar-refractivity contribution in [2.45, 2.75) is 115 Å². The minimum Gasteiger partial charge on any atom is -0.387 e. The lowest BCUT2D eigenvalue weighted by atomic mass is 9.46. The molecule has 1 aromatic rings. The van der Waals surface area contributed by atoms with Crippen molar-refractivity contribution in [3.05, 3.63) is 47.5 Å². The van der Waals surface area contributed by atoms with Gasteiger partial charge in [-0.3, -0.25) is 4.79 Å². The van der Waals surface area contributed by atoms with Crippen LogP contribution in [0.2, 0.25) is 0 Å². The summed E-state index contributed by atoms with van der Waals surface area (Å²) >= 11 is 0. The first-order valence-electron chi connectivity index (χ1n) is 16.5. The van der Waals surface area contributed by atoms with Crippen LogP contribution in [0.1, 0.15) is 85.1 Å². The average Bonchev–Trinajstić information content (AvgIpc) is 3.44. The molecule has 0 radical (unpaired) electrons. The molecule has 1 aromatic carbocycles. The molecule has 42 heavy (non-hydrogen) atoms. The van der Waals surface area contributed by atoms with E-state index in [0.717, 1.165) is 44.1 Å². The smallest absolute Gasteiger partial charge is 0.159 e. The SMILES string of the molecule is CC1COC(C(O)C(C)(O)C2CCC3(O)C4=CC(=O)C5CC(OCCc6ccccc6)CCC5(C)C4CCC23C)C1C. The second-order valence-corrected chi connectivity index (χ2v) is 15.3. The number of ether oxygens (including phenoxy) is 2. The second kappa shape index (κ2) is 10.8. The largest absolute Gasteiger partial charge is 0.387 e. The van der Waals surface area contributed by atoms with E-state index >= 15 is 0 Å². The molecular weight excluding hydrogens is 528 g/mol. The van der Waals surface area contributed by atoms with Crippen molar-refractivity contribution in [3.8, 4) is 0 Å². The van der Waals surface area contributed by atoms with Crippen LogP contribution in [0.3, 0.4) is 0 Å². The average molecular weight is 581 g/mol. The zero-order valence-corrected chi connectivity index (χ0v) is 26.2. The Balaban J connectivity index is 1.20. The molecule has 6 nitrogen and oxygen atoms in total. The van der Waals surface area contributed by atoms with Crippen LogP contribution >= 0.6 is 0 Å². The molecule has 6 rings (SSSR count). The number of allylic oxidation sites excluding steroid dienone is 1. The second-order valence-electron chi connectivity index (χ2n) is 15.3. The van der Waals surface area contributed by atoms with E-state index < -0.39 is 28.8 Å². The zero-order valence-electron chi connectivity index (χ0n) is 26.2. The van der Waals surface area contributed by atoms with Gasteiger partial charge >= 0.3 is 0 Å². The van der Waals surface area contributed by atoms with Crippen molar-refractivity contribution in [3.63, 3.8) is 0 Å². The highest BCUT2D eigenvalue weighted by molar-refractivity contribution is 5.95. The number of ketones is 1. The van der Waals surface area contributed by atoms with Crippen LogP contribution in [0.25, 0.3) is 0 Å². The van der Waals surface area contributed by atoms with Gasteiger partial charge in [0, 0.05) is 17.9 Å². The Kier molecular flexibility index (Phi) is 7.83. The molecule has 3 saturated carbocycles. The quantitative estimate of drug-likeness (QED) is 0.407.